The van der Waals surface area contributed by atoms with Crippen molar-refractivity contribution < 1.29 is 29.0 Å². The van der Waals surface area contributed by atoms with Gasteiger partial charge >= 0.3 is 11.9 Å². The van der Waals surface area contributed by atoms with Crippen molar-refractivity contribution in [3.63, 3.8) is 0 Å². The second-order valence-electron chi connectivity index (χ2n) is 7.13. The molecule has 2 aliphatic rings. The lowest BCUT2D eigenvalue weighted by molar-refractivity contribution is -0.155. The van der Waals surface area contributed by atoms with Crippen molar-refractivity contribution in [3.8, 4) is 0 Å². The van der Waals surface area contributed by atoms with Crippen molar-refractivity contribution in [2.24, 2.45) is 11.8 Å². The van der Waals surface area contributed by atoms with Crippen LogP contribution in [0.5, 0.6) is 0 Å². The van der Waals surface area contributed by atoms with Crippen molar-refractivity contribution in [1.29, 1.82) is 0 Å². The van der Waals surface area contributed by atoms with Crippen molar-refractivity contribution in [3.05, 3.63) is 36.5 Å². The number of ether oxygens (including phenoxy) is 2. The van der Waals surface area contributed by atoms with Gasteiger partial charge in [0.25, 0.3) is 0 Å². The standard InChI is InChI=1S/C19H24O6/c1-10(2)17(21)25-14-9-19(5,23)15(20)7-6-11(3)8-13-16(14)12(4)18(22)24-13/h6-7,11,13-14,16,23H,1,4,8-9H2,2-3,5H3/b7-6-/t11-,13+,14+,16-,19-/m0/s1. The van der Waals surface area contributed by atoms with E-state index < -0.39 is 41.4 Å². The molecule has 6 nitrogen and oxygen atoms in total. The van der Waals surface area contributed by atoms with Crippen LogP contribution in [0.25, 0.3) is 0 Å². The zero-order valence-electron chi connectivity index (χ0n) is 14.8. The Labute approximate surface area is 147 Å². The van der Waals surface area contributed by atoms with Crippen LogP contribution in [0, 0.1) is 11.8 Å². The molecule has 25 heavy (non-hydrogen) atoms. The number of hydrogen-bond donors (Lipinski definition) is 1. The SMILES string of the molecule is C=C(C)C(=O)O[C@@H]1C[C@](C)(O)C(=O)/C=C\[C@H](C)C[C@H]2OC(=O)C(=C)[C@H]12. The molecule has 0 unspecified atom stereocenters. The van der Waals surface area contributed by atoms with E-state index >= 15 is 0 Å². The van der Waals surface area contributed by atoms with Crippen LogP contribution in [0.2, 0.25) is 0 Å². The Bertz CT molecular complexity index is 657. The molecule has 0 bridgehead atoms. The fraction of sp³-hybridized carbons (Fsp3) is 0.526. The van der Waals surface area contributed by atoms with Crippen molar-refractivity contribution in [2.45, 2.75) is 51.4 Å². The second kappa shape index (κ2) is 6.96. The van der Waals surface area contributed by atoms with E-state index in [1.54, 1.807) is 6.08 Å². The number of carbonyl (C=O) groups excluding carboxylic acids is 3. The summed E-state index contributed by atoms with van der Waals surface area (Å²) in [5.41, 5.74) is -1.38. The molecule has 0 spiro atoms. The van der Waals surface area contributed by atoms with Crippen LogP contribution < -0.4 is 0 Å². The largest absolute Gasteiger partial charge is 0.458 e. The summed E-state index contributed by atoms with van der Waals surface area (Å²) in [7, 11) is 0. The summed E-state index contributed by atoms with van der Waals surface area (Å²) in [6, 6.07) is 0. The first kappa shape index (κ1) is 19.1. The molecule has 1 aliphatic heterocycles. The molecule has 0 aromatic heterocycles. The number of esters is 2. The van der Waals surface area contributed by atoms with Crippen LogP contribution in [0.4, 0.5) is 0 Å². The number of aliphatic hydroxyl groups is 1. The highest BCUT2D eigenvalue weighted by Crippen LogP contribution is 2.38. The van der Waals surface area contributed by atoms with Crippen LogP contribution in [-0.2, 0) is 23.9 Å². The number of ketones is 1. The van der Waals surface area contributed by atoms with E-state index in [1.807, 2.05) is 6.92 Å². The maximum absolute atomic E-state index is 12.3. The summed E-state index contributed by atoms with van der Waals surface area (Å²) < 4.78 is 10.9. The van der Waals surface area contributed by atoms with Gasteiger partial charge in [-0.3, -0.25) is 4.79 Å². The molecule has 1 heterocycles. The third kappa shape index (κ3) is 4.07. The molecular weight excluding hydrogens is 324 g/mol. The predicted molar refractivity (Wildman–Crippen MR) is 90.4 cm³/mol. The highest BCUT2D eigenvalue weighted by Gasteiger charge is 2.48. The zero-order chi connectivity index (χ0) is 18.9. The molecule has 136 valence electrons. The fourth-order valence-electron chi connectivity index (χ4n) is 3.15. The fourth-order valence-corrected chi connectivity index (χ4v) is 3.15. The number of rotatable bonds is 2. The van der Waals surface area contributed by atoms with E-state index in [9.17, 15) is 19.5 Å². The Balaban J connectivity index is 2.45. The monoisotopic (exact) mass is 348 g/mol. The van der Waals surface area contributed by atoms with Gasteiger partial charge in [-0.15, -0.1) is 0 Å². The lowest BCUT2D eigenvalue weighted by Gasteiger charge is -2.33. The average Bonchev–Trinajstić information content (AvgIpc) is 2.77. The lowest BCUT2D eigenvalue weighted by Crippen LogP contribution is -2.44. The molecule has 0 radical (unpaired) electrons. The molecule has 1 saturated heterocycles. The molecule has 2 rings (SSSR count). The van der Waals surface area contributed by atoms with Gasteiger partial charge in [0.2, 0.25) is 0 Å². The number of hydrogen-bond acceptors (Lipinski definition) is 6. The molecule has 1 fully saturated rings. The summed E-state index contributed by atoms with van der Waals surface area (Å²) in [6.07, 6.45) is 1.84. The molecular formula is C19H24O6. The van der Waals surface area contributed by atoms with Gasteiger partial charge in [-0.25, -0.2) is 9.59 Å². The zero-order valence-corrected chi connectivity index (χ0v) is 14.8. The van der Waals surface area contributed by atoms with E-state index in [2.05, 4.69) is 13.2 Å². The van der Waals surface area contributed by atoms with Crippen molar-refractivity contribution in [2.75, 3.05) is 0 Å². The third-order valence-corrected chi connectivity index (χ3v) is 4.64. The number of carbonyl (C=O) groups is 3. The first-order valence-electron chi connectivity index (χ1n) is 8.24. The maximum Gasteiger partial charge on any atom is 0.334 e. The van der Waals surface area contributed by atoms with Crippen molar-refractivity contribution in [1.82, 2.24) is 0 Å². The second-order valence-corrected chi connectivity index (χ2v) is 7.13. The Kier molecular flexibility index (Phi) is 5.32. The molecule has 6 heteroatoms. The molecule has 5 atom stereocenters. The van der Waals surface area contributed by atoms with E-state index in [0.29, 0.717) is 6.42 Å². The lowest BCUT2D eigenvalue weighted by atomic mass is 9.79. The molecule has 1 aliphatic carbocycles. The van der Waals surface area contributed by atoms with Gasteiger partial charge in [0.05, 0.1) is 5.92 Å². The van der Waals surface area contributed by atoms with E-state index in [0.717, 1.165) is 0 Å². The van der Waals surface area contributed by atoms with Gasteiger partial charge in [0.15, 0.2) is 5.78 Å². The van der Waals surface area contributed by atoms with Crippen LogP contribution in [-0.4, -0.2) is 40.6 Å². The molecule has 0 amide bonds. The van der Waals surface area contributed by atoms with Crippen LogP contribution in [0.15, 0.2) is 36.5 Å². The van der Waals surface area contributed by atoms with Gasteiger partial charge in [0, 0.05) is 17.6 Å². The highest BCUT2D eigenvalue weighted by molar-refractivity contribution is 5.97. The molecule has 1 N–H and O–H groups in total. The summed E-state index contributed by atoms with van der Waals surface area (Å²) in [5, 5.41) is 10.6. The first-order valence-corrected chi connectivity index (χ1v) is 8.24. The summed E-state index contributed by atoms with van der Waals surface area (Å²) in [5.74, 6) is -2.37. The summed E-state index contributed by atoms with van der Waals surface area (Å²) >= 11 is 0. The topological polar surface area (TPSA) is 89.9 Å². The van der Waals surface area contributed by atoms with E-state index in [1.165, 1.54) is 19.9 Å². The maximum atomic E-state index is 12.3. The minimum absolute atomic E-state index is 0.0680. The Morgan fingerprint density at radius 2 is 2.08 bits per heavy atom. The van der Waals surface area contributed by atoms with E-state index in [4.69, 9.17) is 9.47 Å². The first-order chi connectivity index (χ1) is 11.5. The minimum atomic E-state index is -1.75. The third-order valence-electron chi connectivity index (χ3n) is 4.64. The Morgan fingerprint density at radius 3 is 2.68 bits per heavy atom. The quantitative estimate of drug-likeness (QED) is 0.605. The Morgan fingerprint density at radius 1 is 1.44 bits per heavy atom. The van der Waals surface area contributed by atoms with Gasteiger partial charge in [-0.2, -0.15) is 0 Å². The summed E-state index contributed by atoms with van der Waals surface area (Å²) in [6.45, 7) is 12.0. The van der Waals surface area contributed by atoms with Gasteiger partial charge in [-0.1, -0.05) is 26.2 Å². The Hall–Kier alpha value is -2.21. The average molecular weight is 348 g/mol. The van der Waals surface area contributed by atoms with Gasteiger partial charge in [-0.05, 0) is 32.3 Å². The predicted octanol–water partition coefficient (Wildman–Crippen LogP) is 1.88. The number of allylic oxidation sites excluding steroid dienone is 1. The minimum Gasteiger partial charge on any atom is -0.458 e. The molecule has 0 saturated carbocycles. The van der Waals surface area contributed by atoms with E-state index in [-0.39, 0.29) is 23.5 Å². The van der Waals surface area contributed by atoms with Gasteiger partial charge < -0.3 is 14.6 Å². The molecule has 0 aromatic rings. The highest BCUT2D eigenvalue weighted by atomic mass is 16.6. The van der Waals surface area contributed by atoms with Crippen molar-refractivity contribution >= 4 is 17.7 Å². The smallest absolute Gasteiger partial charge is 0.334 e. The summed E-state index contributed by atoms with van der Waals surface area (Å²) in [4.78, 5) is 36.3. The number of fused-ring (bicyclic) bond motifs is 1. The van der Waals surface area contributed by atoms with Crippen LogP contribution in [0.3, 0.4) is 0 Å². The van der Waals surface area contributed by atoms with Crippen LogP contribution >= 0.6 is 0 Å². The molecule has 0 aromatic carbocycles. The van der Waals surface area contributed by atoms with Crippen LogP contribution in [0.1, 0.15) is 33.6 Å². The normalized spacial score (nSPS) is 37.0. The van der Waals surface area contributed by atoms with Gasteiger partial charge in [0.1, 0.15) is 17.8 Å².